The number of fused-ring (bicyclic) bond motifs is 2. The van der Waals surface area contributed by atoms with Gasteiger partial charge in [0.15, 0.2) is 6.10 Å². The number of carbonyl (C=O) groups excluding carboxylic acids is 2. The van der Waals surface area contributed by atoms with E-state index >= 15 is 0 Å². The molecule has 7 nitrogen and oxygen atoms in total. The molecule has 1 aromatic heterocycles. The predicted molar refractivity (Wildman–Crippen MR) is 102 cm³/mol. The highest BCUT2D eigenvalue weighted by atomic mass is 16.5. The van der Waals surface area contributed by atoms with E-state index in [1.54, 1.807) is 10.9 Å². The summed E-state index contributed by atoms with van der Waals surface area (Å²) < 4.78 is 7.62. The summed E-state index contributed by atoms with van der Waals surface area (Å²) in [6, 6.07) is 7.96. The Labute approximate surface area is 163 Å². The van der Waals surface area contributed by atoms with Gasteiger partial charge in [-0.15, -0.1) is 0 Å². The molecule has 0 bridgehead atoms. The third-order valence-corrected chi connectivity index (χ3v) is 6.29. The van der Waals surface area contributed by atoms with Gasteiger partial charge in [0.05, 0.1) is 0 Å². The van der Waals surface area contributed by atoms with Crippen LogP contribution in [0.2, 0.25) is 0 Å². The molecule has 0 radical (unpaired) electrons. The lowest BCUT2D eigenvalue weighted by atomic mass is 10.0. The molecular weight excluding hydrogens is 356 g/mol. The van der Waals surface area contributed by atoms with Crippen LogP contribution in [-0.4, -0.2) is 51.7 Å². The minimum Gasteiger partial charge on any atom is -0.480 e. The first kappa shape index (κ1) is 17.3. The summed E-state index contributed by atoms with van der Waals surface area (Å²) in [5.41, 5.74) is 2.30. The zero-order valence-corrected chi connectivity index (χ0v) is 15.9. The Balaban J connectivity index is 1.09. The van der Waals surface area contributed by atoms with E-state index in [0.717, 1.165) is 24.4 Å². The lowest BCUT2D eigenvalue weighted by molar-refractivity contribution is -0.131. The monoisotopic (exact) mass is 380 g/mol. The quantitative estimate of drug-likeness (QED) is 0.845. The fourth-order valence-corrected chi connectivity index (χ4v) is 4.58. The first-order chi connectivity index (χ1) is 13.6. The third-order valence-electron chi connectivity index (χ3n) is 6.29. The normalized spacial score (nSPS) is 27.1. The lowest BCUT2D eigenvalue weighted by Gasteiger charge is -2.21. The largest absolute Gasteiger partial charge is 0.480 e. The Morgan fingerprint density at radius 3 is 2.79 bits per heavy atom. The van der Waals surface area contributed by atoms with Gasteiger partial charge in [-0.1, -0.05) is 12.1 Å². The zero-order valence-electron chi connectivity index (χ0n) is 15.9. The number of benzene rings is 1. The molecule has 0 spiro atoms. The molecule has 3 aliphatic rings. The molecule has 1 saturated heterocycles. The maximum atomic E-state index is 12.6. The average Bonchev–Trinajstić information content (AvgIpc) is 3.22. The Hall–Kier alpha value is -2.83. The third kappa shape index (κ3) is 3.04. The van der Waals surface area contributed by atoms with Gasteiger partial charge in [-0.3, -0.25) is 14.3 Å². The van der Waals surface area contributed by atoms with Gasteiger partial charge in [0, 0.05) is 68.3 Å². The first-order valence-corrected chi connectivity index (χ1v) is 9.91. The van der Waals surface area contributed by atoms with Crippen LogP contribution < -0.4 is 10.1 Å². The highest BCUT2D eigenvalue weighted by molar-refractivity contribution is 5.83. The van der Waals surface area contributed by atoms with Crippen LogP contribution in [0.3, 0.4) is 0 Å². The Morgan fingerprint density at radius 2 is 2.07 bits per heavy atom. The van der Waals surface area contributed by atoms with Crippen LogP contribution in [0.4, 0.5) is 0 Å². The zero-order chi connectivity index (χ0) is 19.3. The summed E-state index contributed by atoms with van der Waals surface area (Å²) in [5, 5.41) is 7.28. The second-order valence-corrected chi connectivity index (χ2v) is 8.04. The molecule has 1 saturated carbocycles. The number of hydrogen-bond donors (Lipinski definition) is 1. The van der Waals surface area contributed by atoms with Crippen LogP contribution in [0, 0.1) is 18.8 Å². The number of aromatic nitrogens is 2. The maximum absolute atomic E-state index is 12.6. The van der Waals surface area contributed by atoms with Crippen LogP contribution in [0.15, 0.2) is 36.7 Å². The van der Waals surface area contributed by atoms with Crippen molar-refractivity contribution in [2.75, 3.05) is 13.1 Å². The van der Waals surface area contributed by atoms with Crippen LogP contribution in [0.1, 0.15) is 17.5 Å². The van der Waals surface area contributed by atoms with Gasteiger partial charge < -0.3 is 15.0 Å². The van der Waals surface area contributed by atoms with Crippen molar-refractivity contribution < 1.29 is 14.3 Å². The number of piperidine rings is 1. The van der Waals surface area contributed by atoms with Crippen molar-refractivity contribution in [1.82, 2.24) is 20.0 Å². The van der Waals surface area contributed by atoms with Crippen molar-refractivity contribution in [3.63, 3.8) is 0 Å². The molecule has 7 heteroatoms. The molecule has 1 aromatic carbocycles. The Morgan fingerprint density at radius 1 is 1.25 bits per heavy atom. The number of nitrogens with zero attached hydrogens (tertiary/aromatic N) is 3. The molecule has 2 amide bonds. The molecule has 5 rings (SSSR count). The molecule has 28 heavy (non-hydrogen) atoms. The Kier molecular flexibility index (Phi) is 4.10. The summed E-state index contributed by atoms with van der Waals surface area (Å²) in [6.45, 7) is 4.12. The smallest absolute Gasteiger partial charge is 0.261 e. The summed E-state index contributed by atoms with van der Waals surface area (Å²) in [4.78, 5) is 26.9. The second-order valence-electron chi connectivity index (χ2n) is 8.04. The van der Waals surface area contributed by atoms with Crippen LogP contribution in [-0.2, 0) is 22.6 Å². The molecule has 2 aromatic rings. The van der Waals surface area contributed by atoms with Crippen LogP contribution >= 0.6 is 0 Å². The van der Waals surface area contributed by atoms with Crippen LogP contribution in [0.25, 0.3) is 0 Å². The topological polar surface area (TPSA) is 76.5 Å². The van der Waals surface area contributed by atoms with Crippen molar-refractivity contribution in [3.05, 3.63) is 47.8 Å². The number of aryl methyl sites for hydroxylation is 2. The summed E-state index contributed by atoms with van der Waals surface area (Å²) in [5.74, 6) is 1.71. The fourth-order valence-electron chi connectivity index (χ4n) is 4.58. The molecular formula is C21H24N4O3. The highest BCUT2D eigenvalue weighted by Gasteiger charge is 2.57. The molecule has 2 unspecified atom stereocenters. The van der Waals surface area contributed by atoms with Gasteiger partial charge >= 0.3 is 0 Å². The molecule has 2 aliphatic heterocycles. The number of rotatable bonds is 5. The molecule has 3 heterocycles. The number of nitrogens with one attached hydrogen (secondary N) is 1. The van der Waals surface area contributed by atoms with E-state index in [1.807, 2.05) is 42.3 Å². The predicted octanol–water partition coefficient (Wildman–Crippen LogP) is 1.16. The van der Waals surface area contributed by atoms with E-state index in [9.17, 15) is 9.59 Å². The van der Waals surface area contributed by atoms with E-state index in [0.29, 0.717) is 31.2 Å². The van der Waals surface area contributed by atoms with Gasteiger partial charge in [0.25, 0.3) is 5.91 Å². The molecule has 1 N–H and O–H groups in total. The molecule has 1 aliphatic carbocycles. The molecule has 4 atom stereocenters. The molecule has 146 valence electrons. The maximum Gasteiger partial charge on any atom is 0.261 e. The van der Waals surface area contributed by atoms with Gasteiger partial charge in [0.1, 0.15) is 5.75 Å². The number of likely N-dealkylation sites (tertiary alicyclic amines) is 1. The SMILES string of the molecule is Cc1cccc2c1CC(C(=O)NC1[C@H]3CN(C(=O)CCn4cccn4)C[C@@H]13)O2. The van der Waals surface area contributed by atoms with E-state index < -0.39 is 6.10 Å². The number of ether oxygens (including phenoxy) is 1. The average molecular weight is 380 g/mol. The van der Waals surface area contributed by atoms with Gasteiger partial charge in [-0.25, -0.2) is 0 Å². The van der Waals surface area contributed by atoms with Gasteiger partial charge in [-0.05, 0) is 24.6 Å². The Bertz CT molecular complexity index is 898. The molecule has 2 fully saturated rings. The fraction of sp³-hybridized carbons (Fsp3) is 0.476. The van der Waals surface area contributed by atoms with Crippen molar-refractivity contribution in [1.29, 1.82) is 0 Å². The van der Waals surface area contributed by atoms with Crippen molar-refractivity contribution in [2.24, 2.45) is 11.8 Å². The summed E-state index contributed by atoms with van der Waals surface area (Å²) in [7, 11) is 0. The lowest BCUT2D eigenvalue weighted by Crippen LogP contribution is -2.42. The van der Waals surface area contributed by atoms with E-state index in [1.165, 1.54) is 5.56 Å². The highest BCUT2D eigenvalue weighted by Crippen LogP contribution is 2.46. The minimum atomic E-state index is -0.441. The van der Waals surface area contributed by atoms with E-state index in [2.05, 4.69) is 10.4 Å². The van der Waals surface area contributed by atoms with Crippen molar-refractivity contribution in [3.8, 4) is 5.75 Å². The minimum absolute atomic E-state index is 0.0356. The standard InChI is InChI=1S/C21H24N4O3/c1-13-4-2-5-17-14(13)10-18(28-17)21(27)23-20-15-11-24(12-16(15)20)19(26)6-9-25-8-3-7-22-25/h2-5,7-8,15-16,18,20H,6,9-12H2,1H3,(H,23,27)/t15-,16+,18?,20?. The van der Waals surface area contributed by atoms with Gasteiger partial charge in [-0.2, -0.15) is 5.10 Å². The van der Waals surface area contributed by atoms with Crippen molar-refractivity contribution >= 4 is 11.8 Å². The second kappa shape index (κ2) is 6.65. The number of carbonyl (C=O) groups is 2. The summed E-state index contributed by atoms with van der Waals surface area (Å²) in [6.07, 6.45) is 4.24. The van der Waals surface area contributed by atoms with Crippen molar-refractivity contribution in [2.45, 2.75) is 38.5 Å². The number of hydrogen-bond acceptors (Lipinski definition) is 4. The first-order valence-electron chi connectivity index (χ1n) is 9.91. The van der Waals surface area contributed by atoms with E-state index in [4.69, 9.17) is 4.74 Å². The van der Waals surface area contributed by atoms with E-state index in [-0.39, 0.29) is 17.9 Å². The van der Waals surface area contributed by atoms with Crippen LogP contribution in [0.5, 0.6) is 5.75 Å². The number of amides is 2. The van der Waals surface area contributed by atoms with Gasteiger partial charge in [0.2, 0.25) is 5.91 Å². The summed E-state index contributed by atoms with van der Waals surface area (Å²) >= 11 is 0.